The van der Waals surface area contributed by atoms with Crippen molar-refractivity contribution in [3.8, 4) is 34.0 Å². The van der Waals surface area contributed by atoms with Gasteiger partial charge in [-0.2, -0.15) is 0 Å². The lowest BCUT2D eigenvalue weighted by Crippen LogP contribution is -2.17. The summed E-state index contributed by atoms with van der Waals surface area (Å²) in [5.41, 5.74) is 6.98. The zero-order valence-electron chi connectivity index (χ0n) is 19.1. The quantitative estimate of drug-likeness (QED) is 0.344. The molecule has 1 amide bonds. The van der Waals surface area contributed by atoms with Gasteiger partial charge in [-0.05, 0) is 26.0 Å². The van der Waals surface area contributed by atoms with Gasteiger partial charge in [-0.25, -0.2) is 4.98 Å². The van der Waals surface area contributed by atoms with Crippen molar-refractivity contribution in [3.63, 3.8) is 0 Å². The van der Waals surface area contributed by atoms with Crippen LogP contribution in [0, 0.1) is 13.8 Å². The number of anilines is 1. The molecule has 1 aliphatic heterocycles. The summed E-state index contributed by atoms with van der Waals surface area (Å²) >= 11 is 1.37. The molecule has 3 aromatic carbocycles. The Bertz CT molecular complexity index is 1250. The maximum atomic E-state index is 12.6. The van der Waals surface area contributed by atoms with Crippen molar-refractivity contribution < 1.29 is 14.3 Å². The average Bonchev–Trinajstić information content (AvgIpc) is 3.28. The number of fused-ring (bicyclic) bond motifs is 1. The second kappa shape index (κ2) is 9.65. The maximum absolute atomic E-state index is 12.6. The highest BCUT2D eigenvalue weighted by molar-refractivity contribution is 7.99. The molecule has 0 saturated heterocycles. The van der Waals surface area contributed by atoms with Crippen molar-refractivity contribution in [2.75, 3.05) is 24.3 Å². The molecule has 6 nitrogen and oxygen atoms in total. The van der Waals surface area contributed by atoms with E-state index in [0.29, 0.717) is 35.6 Å². The van der Waals surface area contributed by atoms with Gasteiger partial charge >= 0.3 is 0 Å². The minimum Gasteiger partial charge on any atom is -0.486 e. The number of aromatic nitrogens is 2. The first-order valence-electron chi connectivity index (χ1n) is 11.1. The van der Waals surface area contributed by atoms with Gasteiger partial charge in [-0.3, -0.25) is 4.79 Å². The summed E-state index contributed by atoms with van der Waals surface area (Å²) in [6.45, 7) is 5.18. The molecule has 5 rings (SSSR count). The minimum absolute atomic E-state index is 0.119. The molecule has 0 atom stereocenters. The van der Waals surface area contributed by atoms with E-state index in [9.17, 15) is 4.79 Å². The zero-order valence-corrected chi connectivity index (χ0v) is 19.9. The molecule has 0 saturated carbocycles. The van der Waals surface area contributed by atoms with Crippen LogP contribution >= 0.6 is 11.8 Å². The van der Waals surface area contributed by atoms with E-state index in [0.717, 1.165) is 22.5 Å². The molecule has 4 aromatic rings. The van der Waals surface area contributed by atoms with Crippen molar-refractivity contribution in [3.05, 3.63) is 77.9 Å². The molecule has 172 valence electrons. The maximum Gasteiger partial charge on any atom is 0.234 e. The molecule has 0 bridgehead atoms. The van der Waals surface area contributed by atoms with Gasteiger partial charge in [-0.1, -0.05) is 71.4 Å². The highest BCUT2D eigenvalue weighted by Gasteiger charge is 2.17. The number of H-pyrrole nitrogens is 1. The summed E-state index contributed by atoms with van der Waals surface area (Å²) in [7, 11) is 0. The number of hydrogen-bond donors (Lipinski definition) is 2. The molecule has 7 heteroatoms. The fourth-order valence-electron chi connectivity index (χ4n) is 3.72. The van der Waals surface area contributed by atoms with Gasteiger partial charge in [0.1, 0.15) is 13.2 Å². The SMILES string of the molecule is Cc1ccc(-c2nc(SCC(=O)Nc3ccc4c(c3)OCCO4)[nH]c2-c2ccc(C)cc2)cc1. The molecule has 1 aromatic heterocycles. The second-order valence-corrected chi connectivity index (χ2v) is 9.16. The van der Waals surface area contributed by atoms with Crippen molar-refractivity contribution in [2.24, 2.45) is 0 Å². The normalized spacial score (nSPS) is 12.4. The number of aromatic amines is 1. The molecule has 0 unspecified atom stereocenters. The largest absolute Gasteiger partial charge is 0.486 e. The van der Waals surface area contributed by atoms with Crippen LogP contribution in [0.3, 0.4) is 0 Å². The zero-order chi connectivity index (χ0) is 23.5. The van der Waals surface area contributed by atoms with E-state index in [1.807, 2.05) is 12.1 Å². The number of rotatable bonds is 6. The standard InChI is InChI=1S/C27H25N3O3S/c1-17-3-7-19(8-4-17)25-26(20-9-5-18(2)6-10-20)30-27(29-25)34-16-24(31)28-21-11-12-22-23(15-21)33-14-13-32-22/h3-12,15H,13-14,16H2,1-2H3,(H,28,31)(H,29,30). The number of thioether (sulfide) groups is 1. The number of imidazole rings is 1. The highest BCUT2D eigenvalue weighted by Crippen LogP contribution is 2.34. The Kier molecular flexibility index (Phi) is 6.27. The molecular weight excluding hydrogens is 446 g/mol. The van der Waals surface area contributed by atoms with Gasteiger partial charge in [-0.15, -0.1) is 0 Å². The Labute approximate surface area is 202 Å². The molecule has 0 fully saturated rings. The van der Waals surface area contributed by atoms with E-state index in [1.165, 1.54) is 22.9 Å². The third-order valence-corrected chi connectivity index (χ3v) is 6.39. The summed E-state index contributed by atoms with van der Waals surface area (Å²) in [6.07, 6.45) is 0. The molecular formula is C27H25N3O3S. The number of ether oxygens (including phenoxy) is 2. The number of hydrogen-bond acceptors (Lipinski definition) is 5. The molecule has 1 aliphatic rings. The van der Waals surface area contributed by atoms with E-state index in [4.69, 9.17) is 14.5 Å². The summed E-state index contributed by atoms with van der Waals surface area (Å²) in [5.74, 6) is 1.45. The van der Waals surface area contributed by atoms with Crippen molar-refractivity contribution in [1.29, 1.82) is 0 Å². The van der Waals surface area contributed by atoms with E-state index in [1.54, 1.807) is 6.07 Å². The monoisotopic (exact) mass is 471 g/mol. The van der Waals surface area contributed by atoms with Gasteiger partial charge in [0.05, 0.1) is 17.1 Å². The lowest BCUT2D eigenvalue weighted by Gasteiger charge is -2.18. The Hall–Kier alpha value is -3.71. The third-order valence-electron chi connectivity index (χ3n) is 5.51. The number of benzene rings is 3. The molecule has 34 heavy (non-hydrogen) atoms. The number of carbonyl (C=O) groups excluding carboxylic acids is 1. The number of nitrogens with one attached hydrogen (secondary N) is 2. The molecule has 0 aliphatic carbocycles. The Balaban J connectivity index is 1.33. The van der Waals surface area contributed by atoms with E-state index in [2.05, 4.69) is 72.7 Å². The summed E-state index contributed by atoms with van der Waals surface area (Å²) in [5, 5.41) is 3.62. The van der Waals surface area contributed by atoms with Crippen LogP contribution in [0.4, 0.5) is 5.69 Å². The number of aryl methyl sites for hydroxylation is 2. The third kappa shape index (κ3) is 4.94. The summed E-state index contributed by atoms with van der Waals surface area (Å²) in [6, 6.07) is 22.1. The lowest BCUT2D eigenvalue weighted by atomic mass is 10.0. The van der Waals surface area contributed by atoms with Crippen molar-refractivity contribution in [2.45, 2.75) is 19.0 Å². The van der Waals surface area contributed by atoms with Crippen LogP contribution in [0.5, 0.6) is 11.5 Å². The first kappa shape index (κ1) is 22.1. The topological polar surface area (TPSA) is 76.2 Å². The van der Waals surface area contributed by atoms with Gasteiger partial charge < -0.3 is 19.8 Å². The minimum atomic E-state index is -0.119. The molecule has 2 heterocycles. The van der Waals surface area contributed by atoms with Gasteiger partial charge in [0.15, 0.2) is 16.7 Å². The fraction of sp³-hybridized carbons (Fsp3) is 0.185. The summed E-state index contributed by atoms with van der Waals surface area (Å²) in [4.78, 5) is 20.9. The van der Waals surface area contributed by atoms with Crippen LogP contribution < -0.4 is 14.8 Å². The number of carbonyl (C=O) groups is 1. The number of amides is 1. The van der Waals surface area contributed by atoms with E-state index in [-0.39, 0.29) is 11.7 Å². The average molecular weight is 472 g/mol. The first-order valence-corrected chi connectivity index (χ1v) is 12.1. The smallest absolute Gasteiger partial charge is 0.234 e. The van der Waals surface area contributed by atoms with Gasteiger partial charge in [0.25, 0.3) is 0 Å². The Morgan fingerprint density at radius 3 is 2.26 bits per heavy atom. The number of nitrogens with zero attached hydrogens (tertiary/aromatic N) is 1. The molecule has 2 N–H and O–H groups in total. The lowest BCUT2D eigenvalue weighted by molar-refractivity contribution is -0.113. The molecule has 0 spiro atoms. The predicted octanol–water partition coefficient (Wildman–Crippen LogP) is 5.86. The van der Waals surface area contributed by atoms with Gasteiger partial charge in [0, 0.05) is 22.9 Å². The van der Waals surface area contributed by atoms with Crippen molar-refractivity contribution in [1.82, 2.24) is 9.97 Å². The summed E-state index contributed by atoms with van der Waals surface area (Å²) < 4.78 is 11.1. The highest BCUT2D eigenvalue weighted by atomic mass is 32.2. The van der Waals surface area contributed by atoms with Crippen LogP contribution in [0.1, 0.15) is 11.1 Å². The van der Waals surface area contributed by atoms with E-state index >= 15 is 0 Å². The van der Waals surface area contributed by atoms with Crippen LogP contribution in [-0.2, 0) is 4.79 Å². The van der Waals surface area contributed by atoms with Crippen LogP contribution in [-0.4, -0.2) is 34.8 Å². The van der Waals surface area contributed by atoms with Crippen LogP contribution in [0.25, 0.3) is 22.5 Å². The Morgan fingerprint density at radius 1 is 0.912 bits per heavy atom. The van der Waals surface area contributed by atoms with Crippen LogP contribution in [0.2, 0.25) is 0 Å². The van der Waals surface area contributed by atoms with Gasteiger partial charge in [0.2, 0.25) is 5.91 Å². The van der Waals surface area contributed by atoms with E-state index < -0.39 is 0 Å². The van der Waals surface area contributed by atoms with Crippen molar-refractivity contribution >= 4 is 23.4 Å². The Morgan fingerprint density at radius 2 is 1.56 bits per heavy atom. The predicted molar refractivity (Wildman–Crippen MR) is 136 cm³/mol. The van der Waals surface area contributed by atoms with Crippen LogP contribution in [0.15, 0.2) is 71.9 Å². The fourth-order valence-corrected chi connectivity index (χ4v) is 4.39. The molecule has 0 radical (unpaired) electrons. The second-order valence-electron chi connectivity index (χ2n) is 8.19. The first-order chi connectivity index (χ1) is 16.5.